The normalized spacial score (nSPS) is 13.6. The zero-order valence-corrected chi connectivity index (χ0v) is 18.2. The van der Waals surface area contributed by atoms with Crippen LogP contribution < -0.4 is 5.56 Å². The van der Waals surface area contributed by atoms with Gasteiger partial charge in [-0.3, -0.25) is 9.36 Å². The SMILES string of the molecule is C=CCn1c(SCc2nc3sc4c(c3c(=O)[nH]2)CCCC4)nnc1-c1ccoc1C. The lowest BCUT2D eigenvalue weighted by atomic mass is 9.97. The fraction of sp³-hybridized carbons (Fsp3) is 0.333. The molecular weight excluding hydrogens is 418 g/mol. The van der Waals surface area contributed by atoms with Crippen LogP contribution in [0.2, 0.25) is 0 Å². The fourth-order valence-corrected chi connectivity index (χ4v) is 6.01. The molecule has 0 unspecified atom stereocenters. The van der Waals surface area contributed by atoms with Gasteiger partial charge in [-0.15, -0.1) is 28.1 Å². The number of aromatic amines is 1. The van der Waals surface area contributed by atoms with Crippen LogP contribution in [0.15, 0.2) is 39.4 Å². The second-order valence-corrected chi connectivity index (χ2v) is 9.31. The van der Waals surface area contributed by atoms with Gasteiger partial charge in [-0.1, -0.05) is 17.8 Å². The number of furan rings is 1. The first-order chi connectivity index (χ1) is 14.7. The molecule has 7 nitrogen and oxygen atoms in total. The molecule has 4 heterocycles. The summed E-state index contributed by atoms with van der Waals surface area (Å²) in [5.74, 6) is 2.70. The molecule has 9 heteroatoms. The van der Waals surface area contributed by atoms with Crippen LogP contribution >= 0.6 is 23.1 Å². The van der Waals surface area contributed by atoms with E-state index in [1.807, 2.05) is 23.6 Å². The second kappa shape index (κ2) is 7.88. The highest BCUT2D eigenvalue weighted by Gasteiger charge is 2.21. The van der Waals surface area contributed by atoms with Crippen molar-refractivity contribution in [2.24, 2.45) is 0 Å². The first-order valence-electron chi connectivity index (χ1n) is 9.90. The molecule has 1 aliphatic rings. The predicted octanol–water partition coefficient (Wildman–Crippen LogP) is 4.50. The van der Waals surface area contributed by atoms with Crippen LogP contribution in [0.4, 0.5) is 0 Å². The van der Waals surface area contributed by atoms with Crippen LogP contribution in [-0.4, -0.2) is 24.7 Å². The molecule has 0 saturated heterocycles. The van der Waals surface area contributed by atoms with Crippen molar-refractivity contribution in [1.29, 1.82) is 0 Å². The van der Waals surface area contributed by atoms with Crippen molar-refractivity contribution in [3.05, 3.63) is 57.4 Å². The van der Waals surface area contributed by atoms with Gasteiger partial charge in [-0.2, -0.15) is 0 Å². The number of thiophene rings is 1. The van der Waals surface area contributed by atoms with Gasteiger partial charge in [0.05, 0.1) is 23.0 Å². The van der Waals surface area contributed by atoms with Crippen LogP contribution in [0.5, 0.6) is 0 Å². The molecule has 30 heavy (non-hydrogen) atoms. The zero-order chi connectivity index (χ0) is 20.7. The molecule has 154 valence electrons. The molecule has 0 spiro atoms. The van der Waals surface area contributed by atoms with Gasteiger partial charge in [0.2, 0.25) is 0 Å². The summed E-state index contributed by atoms with van der Waals surface area (Å²) in [6, 6.07) is 1.89. The number of rotatable bonds is 6. The molecule has 0 amide bonds. The standard InChI is InChI=1S/C21H21N5O2S2/c1-3-9-26-18(13-8-10-28-12(13)2)24-25-21(26)29-11-16-22-19(27)17-14-6-4-5-7-15(14)30-20(17)23-16/h3,8,10H,1,4-7,9,11H2,2H3,(H,22,23,27). The van der Waals surface area contributed by atoms with Gasteiger partial charge < -0.3 is 9.40 Å². The quantitative estimate of drug-likeness (QED) is 0.351. The fourth-order valence-electron chi connectivity index (χ4n) is 3.92. The smallest absolute Gasteiger partial charge is 0.259 e. The number of hydrogen-bond acceptors (Lipinski definition) is 7. The van der Waals surface area contributed by atoms with Crippen molar-refractivity contribution in [2.45, 2.75) is 50.1 Å². The Bertz CT molecular complexity index is 1300. The van der Waals surface area contributed by atoms with Crippen LogP contribution in [0.1, 0.15) is 34.9 Å². The molecular formula is C21H21N5O2S2. The number of aryl methyl sites for hydroxylation is 3. The summed E-state index contributed by atoms with van der Waals surface area (Å²) in [6.45, 7) is 6.33. The highest BCUT2D eigenvalue weighted by Crippen LogP contribution is 2.34. The minimum absolute atomic E-state index is 0.0303. The third-order valence-corrected chi connectivity index (χ3v) is 7.50. The van der Waals surface area contributed by atoms with Gasteiger partial charge in [0.1, 0.15) is 16.4 Å². The highest BCUT2D eigenvalue weighted by molar-refractivity contribution is 7.98. The summed E-state index contributed by atoms with van der Waals surface area (Å²) >= 11 is 3.17. The number of allylic oxidation sites excluding steroid dienone is 1. The van der Waals surface area contributed by atoms with Crippen LogP contribution in [0, 0.1) is 6.92 Å². The molecule has 0 saturated carbocycles. The van der Waals surface area contributed by atoms with E-state index in [9.17, 15) is 4.79 Å². The molecule has 0 bridgehead atoms. The van der Waals surface area contributed by atoms with Gasteiger partial charge >= 0.3 is 0 Å². The van der Waals surface area contributed by atoms with E-state index < -0.39 is 0 Å². The monoisotopic (exact) mass is 439 g/mol. The molecule has 1 aliphatic carbocycles. The maximum absolute atomic E-state index is 12.8. The minimum atomic E-state index is -0.0303. The number of aromatic nitrogens is 5. The Balaban J connectivity index is 1.44. The average Bonchev–Trinajstić information content (AvgIpc) is 3.43. The summed E-state index contributed by atoms with van der Waals surface area (Å²) in [5, 5.41) is 10.2. The van der Waals surface area contributed by atoms with Gasteiger partial charge in [-0.05, 0) is 44.2 Å². The molecule has 0 fully saturated rings. The lowest BCUT2D eigenvalue weighted by Gasteiger charge is -2.09. The van der Waals surface area contributed by atoms with Crippen molar-refractivity contribution in [2.75, 3.05) is 0 Å². The summed E-state index contributed by atoms with van der Waals surface area (Å²) in [5.41, 5.74) is 2.09. The van der Waals surface area contributed by atoms with E-state index in [0.717, 1.165) is 51.8 Å². The van der Waals surface area contributed by atoms with E-state index in [4.69, 9.17) is 9.40 Å². The average molecular weight is 440 g/mol. The molecule has 5 rings (SSSR count). The number of H-pyrrole nitrogens is 1. The lowest BCUT2D eigenvalue weighted by Crippen LogP contribution is -2.12. The van der Waals surface area contributed by atoms with Crippen molar-refractivity contribution in [3.8, 4) is 11.4 Å². The van der Waals surface area contributed by atoms with Crippen LogP contribution in [0.3, 0.4) is 0 Å². The Morgan fingerprint density at radius 2 is 2.23 bits per heavy atom. The van der Waals surface area contributed by atoms with E-state index in [1.54, 1.807) is 17.6 Å². The van der Waals surface area contributed by atoms with Gasteiger partial charge in [-0.25, -0.2) is 4.98 Å². The van der Waals surface area contributed by atoms with Crippen LogP contribution in [-0.2, 0) is 25.1 Å². The van der Waals surface area contributed by atoms with Gasteiger partial charge in [0.25, 0.3) is 5.56 Å². The first kappa shape index (κ1) is 19.3. The summed E-state index contributed by atoms with van der Waals surface area (Å²) in [7, 11) is 0. The predicted molar refractivity (Wildman–Crippen MR) is 119 cm³/mol. The van der Waals surface area contributed by atoms with Crippen molar-refractivity contribution < 1.29 is 4.42 Å². The van der Waals surface area contributed by atoms with E-state index >= 15 is 0 Å². The third kappa shape index (κ3) is 3.31. The second-order valence-electron chi connectivity index (χ2n) is 7.29. The molecule has 0 aromatic carbocycles. The van der Waals surface area contributed by atoms with Crippen molar-refractivity contribution in [3.63, 3.8) is 0 Å². The molecule has 0 aliphatic heterocycles. The number of fused-ring (bicyclic) bond motifs is 3. The Morgan fingerprint density at radius 3 is 3.03 bits per heavy atom. The Labute approximate surface area is 181 Å². The molecule has 1 N–H and O–H groups in total. The largest absolute Gasteiger partial charge is 0.469 e. The summed E-state index contributed by atoms with van der Waals surface area (Å²) < 4.78 is 7.41. The van der Waals surface area contributed by atoms with E-state index in [0.29, 0.717) is 18.1 Å². The summed E-state index contributed by atoms with van der Waals surface area (Å²) in [4.78, 5) is 22.7. The number of nitrogens with one attached hydrogen (secondary N) is 1. The van der Waals surface area contributed by atoms with Gasteiger partial charge in [0, 0.05) is 11.4 Å². The Kier molecular flexibility index (Phi) is 5.08. The van der Waals surface area contributed by atoms with E-state index in [1.165, 1.54) is 28.6 Å². The Hall–Kier alpha value is -2.65. The number of hydrogen-bond donors (Lipinski definition) is 1. The van der Waals surface area contributed by atoms with Gasteiger partial charge in [0.15, 0.2) is 11.0 Å². The third-order valence-electron chi connectivity index (χ3n) is 5.34. The Morgan fingerprint density at radius 1 is 1.37 bits per heavy atom. The minimum Gasteiger partial charge on any atom is -0.469 e. The topological polar surface area (TPSA) is 89.6 Å². The maximum Gasteiger partial charge on any atom is 0.259 e. The molecule has 4 aromatic rings. The molecule has 4 aromatic heterocycles. The lowest BCUT2D eigenvalue weighted by molar-refractivity contribution is 0.534. The first-order valence-corrected chi connectivity index (χ1v) is 11.7. The van der Waals surface area contributed by atoms with E-state index in [2.05, 4.69) is 21.8 Å². The highest BCUT2D eigenvalue weighted by atomic mass is 32.2. The molecule has 0 radical (unpaired) electrons. The number of nitrogens with zero attached hydrogens (tertiary/aromatic N) is 4. The van der Waals surface area contributed by atoms with Crippen molar-refractivity contribution in [1.82, 2.24) is 24.7 Å². The maximum atomic E-state index is 12.8. The zero-order valence-electron chi connectivity index (χ0n) is 16.6. The van der Waals surface area contributed by atoms with Crippen molar-refractivity contribution >= 4 is 33.3 Å². The van der Waals surface area contributed by atoms with E-state index in [-0.39, 0.29) is 5.56 Å². The van der Waals surface area contributed by atoms with Crippen LogP contribution in [0.25, 0.3) is 21.6 Å². The molecule has 0 atom stereocenters. The number of thioether (sulfide) groups is 1. The summed E-state index contributed by atoms with van der Waals surface area (Å²) in [6.07, 6.45) is 7.84.